The van der Waals surface area contributed by atoms with Gasteiger partial charge in [0.1, 0.15) is 18.0 Å². The summed E-state index contributed by atoms with van der Waals surface area (Å²) in [6.07, 6.45) is 1.51. The van der Waals surface area contributed by atoms with E-state index in [1.165, 1.54) is 25.6 Å². The van der Waals surface area contributed by atoms with Crippen molar-refractivity contribution in [2.45, 2.75) is 19.4 Å². The monoisotopic (exact) mass is 279 g/mol. The minimum atomic E-state index is -0.825. The fourth-order valence-corrected chi connectivity index (χ4v) is 1.95. The van der Waals surface area contributed by atoms with E-state index in [9.17, 15) is 8.78 Å². The zero-order valence-corrected chi connectivity index (χ0v) is 11.2. The number of aromatic nitrogens is 2. The van der Waals surface area contributed by atoms with E-state index in [0.717, 1.165) is 0 Å². The number of benzene rings is 1. The Bertz CT molecular complexity index is 619. The van der Waals surface area contributed by atoms with Gasteiger partial charge in [0.25, 0.3) is 0 Å². The Morgan fingerprint density at radius 1 is 1.30 bits per heavy atom. The van der Waals surface area contributed by atoms with Crippen LogP contribution in [0, 0.1) is 18.6 Å². The Morgan fingerprint density at radius 3 is 2.75 bits per heavy atom. The van der Waals surface area contributed by atoms with Crippen LogP contribution < -0.4 is 10.5 Å². The van der Waals surface area contributed by atoms with Crippen LogP contribution in [-0.2, 0) is 6.42 Å². The fraction of sp³-hybridized carbons (Fsp3) is 0.286. The molecule has 20 heavy (non-hydrogen) atoms. The molecule has 1 atom stereocenters. The van der Waals surface area contributed by atoms with E-state index in [-0.39, 0.29) is 12.0 Å². The second-order valence-corrected chi connectivity index (χ2v) is 4.45. The molecule has 2 aromatic rings. The lowest BCUT2D eigenvalue weighted by molar-refractivity contribution is 0.395. The molecule has 0 fully saturated rings. The number of methoxy groups -OCH3 is 1. The lowest BCUT2D eigenvalue weighted by Gasteiger charge is -2.15. The van der Waals surface area contributed by atoms with E-state index in [0.29, 0.717) is 17.1 Å². The van der Waals surface area contributed by atoms with Gasteiger partial charge >= 0.3 is 0 Å². The number of hydrogen-bond donors (Lipinski definition) is 1. The summed E-state index contributed by atoms with van der Waals surface area (Å²) in [7, 11) is 1.48. The zero-order chi connectivity index (χ0) is 14.7. The number of halogens is 2. The van der Waals surface area contributed by atoms with Crippen LogP contribution in [0.1, 0.15) is 22.9 Å². The summed E-state index contributed by atoms with van der Waals surface area (Å²) in [5.41, 5.74) is 6.70. The van der Waals surface area contributed by atoms with Crippen molar-refractivity contribution in [3.63, 3.8) is 0 Å². The Labute approximate surface area is 115 Å². The van der Waals surface area contributed by atoms with Crippen LogP contribution >= 0.6 is 0 Å². The Hall–Kier alpha value is -2.08. The Balaban J connectivity index is 2.28. The zero-order valence-electron chi connectivity index (χ0n) is 11.2. The van der Waals surface area contributed by atoms with Crippen molar-refractivity contribution in [1.82, 2.24) is 9.97 Å². The second-order valence-electron chi connectivity index (χ2n) is 4.45. The Morgan fingerprint density at radius 2 is 2.05 bits per heavy atom. The molecule has 0 radical (unpaired) electrons. The molecule has 0 aliphatic carbocycles. The van der Waals surface area contributed by atoms with Crippen molar-refractivity contribution in [3.05, 3.63) is 53.0 Å². The fourth-order valence-electron chi connectivity index (χ4n) is 1.95. The largest absolute Gasteiger partial charge is 0.481 e. The third-order valence-electron chi connectivity index (χ3n) is 3.03. The first-order chi connectivity index (χ1) is 9.52. The van der Waals surface area contributed by atoms with E-state index >= 15 is 0 Å². The topological polar surface area (TPSA) is 61.0 Å². The van der Waals surface area contributed by atoms with Crippen LogP contribution in [0.5, 0.6) is 5.88 Å². The molecule has 1 unspecified atom stereocenters. The van der Waals surface area contributed by atoms with Crippen LogP contribution in [0.15, 0.2) is 24.5 Å². The minimum absolute atomic E-state index is 0.123. The van der Waals surface area contributed by atoms with Gasteiger partial charge in [0.05, 0.1) is 7.11 Å². The molecule has 1 aromatic heterocycles. The van der Waals surface area contributed by atoms with Gasteiger partial charge < -0.3 is 10.5 Å². The standard InChI is InChI=1S/C14H15F2N3O/c1-8-3-4-10(15)13(14(8)16)11(17)5-9-6-12(20-2)19-7-18-9/h3-4,6-7,11H,5,17H2,1-2H3. The lowest BCUT2D eigenvalue weighted by Crippen LogP contribution is -2.18. The maximum atomic E-state index is 14.0. The van der Waals surface area contributed by atoms with E-state index in [2.05, 4.69) is 9.97 Å². The van der Waals surface area contributed by atoms with E-state index in [1.807, 2.05) is 0 Å². The molecule has 1 aromatic carbocycles. The summed E-state index contributed by atoms with van der Waals surface area (Å²) in [5.74, 6) is -0.882. The quantitative estimate of drug-likeness (QED) is 0.933. The number of ether oxygens (including phenoxy) is 1. The van der Waals surface area contributed by atoms with Crippen molar-refractivity contribution in [1.29, 1.82) is 0 Å². The van der Waals surface area contributed by atoms with Gasteiger partial charge in [-0.05, 0) is 18.6 Å². The van der Waals surface area contributed by atoms with Gasteiger partial charge in [0.2, 0.25) is 5.88 Å². The van der Waals surface area contributed by atoms with Gasteiger partial charge in [-0.3, -0.25) is 0 Å². The third-order valence-corrected chi connectivity index (χ3v) is 3.03. The molecule has 0 aliphatic heterocycles. The highest BCUT2D eigenvalue weighted by molar-refractivity contribution is 5.30. The van der Waals surface area contributed by atoms with Crippen molar-refractivity contribution in [2.75, 3.05) is 7.11 Å². The van der Waals surface area contributed by atoms with Gasteiger partial charge in [-0.25, -0.2) is 18.7 Å². The molecule has 2 rings (SSSR count). The number of rotatable bonds is 4. The summed E-state index contributed by atoms with van der Waals surface area (Å²) >= 11 is 0. The van der Waals surface area contributed by atoms with Crippen LogP contribution in [0.4, 0.5) is 8.78 Å². The highest BCUT2D eigenvalue weighted by atomic mass is 19.1. The summed E-state index contributed by atoms with van der Waals surface area (Å²) in [4.78, 5) is 7.88. The first-order valence-corrected chi connectivity index (χ1v) is 6.08. The van der Waals surface area contributed by atoms with E-state index in [1.54, 1.807) is 13.0 Å². The van der Waals surface area contributed by atoms with Crippen LogP contribution in [-0.4, -0.2) is 17.1 Å². The molecule has 4 nitrogen and oxygen atoms in total. The minimum Gasteiger partial charge on any atom is -0.481 e. The van der Waals surface area contributed by atoms with Crippen LogP contribution in [0.3, 0.4) is 0 Å². The average molecular weight is 279 g/mol. The molecular weight excluding hydrogens is 264 g/mol. The van der Waals surface area contributed by atoms with Crippen molar-refractivity contribution < 1.29 is 13.5 Å². The van der Waals surface area contributed by atoms with Crippen molar-refractivity contribution >= 4 is 0 Å². The maximum absolute atomic E-state index is 14.0. The lowest BCUT2D eigenvalue weighted by atomic mass is 9.99. The highest BCUT2D eigenvalue weighted by Gasteiger charge is 2.19. The van der Waals surface area contributed by atoms with Crippen LogP contribution in [0.25, 0.3) is 0 Å². The van der Waals surface area contributed by atoms with Gasteiger partial charge in [0, 0.05) is 29.8 Å². The molecule has 1 heterocycles. The third kappa shape index (κ3) is 2.91. The van der Waals surface area contributed by atoms with Gasteiger partial charge in [-0.2, -0.15) is 0 Å². The number of aryl methyl sites for hydroxylation is 1. The van der Waals surface area contributed by atoms with Crippen molar-refractivity contribution in [2.24, 2.45) is 5.73 Å². The first kappa shape index (κ1) is 14.3. The Kier molecular flexibility index (Phi) is 4.24. The normalized spacial score (nSPS) is 12.2. The second kappa shape index (κ2) is 5.92. The van der Waals surface area contributed by atoms with E-state index < -0.39 is 17.7 Å². The number of nitrogens with zero attached hydrogens (tertiary/aromatic N) is 2. The highest BCUT2D eigenvalue weighted by Crippen LogP contribution is 2.24. The molecule has 0 bridgehead atoms. The molecule has 106 valence electrons. The molecule has 0 aliphatic rings. The molecule has 6 heteroatoms. The maximum Gasteiger partial charge on any atom is 0.216 e. The van der Waals surface area contributed by atoms with Crippen LogP contribution in [0.2, 0.25) is 0 Å². The predicted octanol–water partition coefficient (Wildman–Crippen LogP) is 2.31. The van der Waals surface area contributed by atoms with Gasteiger partial charge in [-0.1, -0.05) is 6.07 Å². The number of hydrogen-bond acceptors (Lipinski definition) is 4. The van der Waals surface area contributed by atoms with Gasteiger partial charge in [-0.15, -0.1) is 0 Å². The smallest absolute Gasteiger partial charge is 0.216 e. The molecule has 0 saturated carbocycles. The first-order valence-electron chi connectivity index (χ1n) is 6.08. The molecule has 0 amide bonds. The molecule has 0 spiro atoms. The SMILES string of the molecule is COc1cc(CC(N)c2c(F)ccc(C)c2F)ncn1. The summed E-state index contributed by atoms with van der Waals surface area (Å²) < 4.78 is 32.7. The molecule has 0 saturated heterocycles. The summed E-state index contributed by atoms with van der Waals surface area (Å²) in [5, 5.41) is 0. The summed E-state index contributed by atoms with van der Waals surface area (Å²) in [6, 6.07) is 3.36. The number of nitrogens with two attached hydrogens (primary N) is 1. The van der Waals surface area contributed by atoms with E-state index in [4.69, 9.17) is 10.5 Å². The molecule has 2 N–H and O–H groups in total. The predicted molar refractivity (Wildman–Crippen MR) is 70.3 cm³/mol. The molecular formula is C14H15F2N3O. The summed E-state index contributed by atoms with van der Waals surface area (Å²) in [6.45, 7) is 1.57. The average Bonchev–Trinajstić information content (AvgIpc) is 2.43. The van der Waals surface area contributed by atoms with Crippen molar-refractivity contribution in [3.8, 4) is 5.88 Å². The van der Waals surface area contributed by atoms with Gasteiger partial charge in [0.15, 0.2) is 0 Å².